The summed E-state index contributed by atoms with van der Waals surface area (Å²) in [5.74, 6) is -0.595. The van der Waals surface area contributed by atoms with Crippen molar-refractivity contribution in [3.63, 3.8) is 0 Å². The van der Waals surface area contributed by atoms with Gasteiger partial charge in [-0.25, -0.2) is 8.78 Å². The minimum absolute atomic E-state index is 0.0356. The molecule has 0 aromatic heterocycles. The summed E-state index contributed by atoms with van der Waals surface area (Å²) in [6.07, 6.45) is 3.56. The first-order chi connectivity index (χ1) is 15.4. The monoisotopic (exact) mass is 441 g/mol. The molecule has 2 aromatic rings. The largest absolute Gasteiger partial charge is 0.490 e. The summed E-state index contributed by atoms with van der Waals surface area (Å²) in [5.41, 5.74) is 3.74. The van der Waals surface area contributed by atoms with Gasteiger partial charge in [-0.3, -0.25) is 4.79 Å². The lowest BCUT2D eigenvalue weighted by atomic mass is 9.84. The molecule has 4 nitrogen and oxygen atoms in total. The van der Waals surface area contributed by atoms with Crippen molar-refractivity contribution < 1.29 is 23.0 Å². The lowest BCUT2D eigenvalue weighted by Gasteiger charge is -2.34. The fourth-order valence-electron chi connectivity index (χ4n) is 5.05. The first-order valence-corrected chi connectivity index (χ1v) is 11.6. The van der Waals surface area contributed by atoms with Crippen molar-refractivity contribution in [1.82, 2.24) is 0 Å². The number of ether oxygens (including phenoxy) is 2. The summed E-state index contributed by atoms with van der Waals surface area (Å²) in [6, 6.07) is 9.07. The van der Waals surface area contributed by atoms with Crippen LogP contribution in [0.25, 0.3) is 0 Å². The second kappa shape index (κ2) is 8.38. The maximum atomic E-state index is 14.7. The van der Waals surface area contributed by atoms with E-state index >= 15 is 0 Å². The molecule has 32 heavy (non-hydrogen) atoms. The molecule has 2 atom stereocenters. The zero-order valence-electron chi connectivity index (χ0n) is 18.6. The number of rotatable bonds is 6. The molecule has 0 N–H and O–H groups in total. The molecule has 0 bridgehead atoms. The summed E-state index contributed by atoms with van der Waals surface area (Å²) in [4.78, 5) is 13.8. The van der Waals surface area contributed by atoms with Crippen molar-refractivity contribution in [2.75, 3.05) is 18.1 Å². The molecular weight excluding hydrogens is 412 g/mol. The average molecular weight is 442 g/mol. The maximum absolute atomic E-state index is 14.7. The Morgan fingerprint density at radius 3 is 2.69 bits per heavy atom. The normalized spacial score (nSPS) is 26.2. The number of fused-ring (bicyclic) bond motifs is 1. The first kappa shape index (κ1) is 21.2. The molecule has 0 spiro atoms. The van der Waals surface area contributed by atoms with Crippen LogP contribution in [0.1, 0.15) is 55.7 Å². The maximum Gasteiger partial charge on any atom is 0.309 e. The van der Waals surface area contributed by atoms with E-state index in [-0.39, 0.29) is 29.6 Å². The number of carbonyl (C=O) groups is 1. The Bertz CT molecular complexity index is 1030. The molecule has 2 fully saturated rings. The minimum Gasteiger partial charge on any atom is -0.490 e. The van der Waals surface area contributed by atoms with E-state index in [0.717, 1.165) is 42.9 Å². The Morgan fingerprint density at radius 1 is 1.12 bits per heavy atom. The summed E-state index contributed by atoms with van der Waals surface area (Å²) in [7, 11) is 0. The molecule has 0 radical (unpaired) electrons. The molecule has 2 unspecified atom stereocenters. The second-order valence-electron chi connectivity index (χ2n) is 9.46. The van der Waals surface area contributed by atoms with Gasteiger partial charge in [0.05, 0.1) is 24.3 Å². The molecule has 0 saturated heterocycles. The smallest absolute Gasteiger partial charge is 0.309 e. The van der Waals surface area contributed by atoms with Crippen molar-refractivity contribution in [2.24, 2.45) is 11.8 Å². The van der Waals surface area contributed by atoms with Crippen LogP contribution in [0.3, 0.4) is 0 Å². The van der Waals surface area contributed by atoms with Crippen LogP contribution in [0.2, 0.25) is 0 Å². The Kier molecular flexibility index (Phi) is 5.56. The van der Waals surface area contributed by atoms with Gasteiger partial charge < -0.3 is 14.4 Å². The number of nitrogens with zero attached hydrogens (tertiary/aromatic N) is 1. The van der Waals surface area contributed by atoms with Crippen molar-refractivity contribution in [1.29, 1.82) is 0 Å². The third-order valence-corrected chi connectivity index (χ3v) is 7.01. The van der Waals surface area contributed by atoms with E-state index in [9.17, 15) is 13.6 Å². The molecule has 3 aliphatic rings. The molecule has 5 rings (SSSR count). The highest BCUT2D eigenvalue weighted by molar-refractivity contribution is 5.77. The Hall–Kier alpha value is -2.63. The van der Waals surface area contributed by atoms with E-state index in [1.54, 1.807) is 6.07 Å². The van der Waals surface area contributed by atoms with Crippen LogP contribution >= 0.6 is 0 Å². The summed E-state index contributed by atoms with van der Waals surface area (Å²) in [5, 5.41) is 0. The molecule has 2 aliphatic carbocycles. The van der Waals surface area contributed by atoms with Gasteiger partial charge in [-0.1, -0.05) is 25.1 Å². The van der Waals surface area contributed by atoms with E-state index < -0.39 is 11.6 Å². The molecule has 170 valence electrons. The van der Waals surface area contributed by atoms with Crippen LogP contribution < -0.4 is 9.64 Å². The van der Waals surface area contributed by atoms with E-state index in [4.69, 9.17) is 9.47 Å². The van der Waals surface area contributed by atoms with Crippen molar-refractivity contribution >= 4 is 11.7 Å². The minimum atomic E-state index is -0.871. The van der Waals surface area contributed by atoms with Crippen LogP contribution in [0.4, 0.5) is 14.5 Å². The Balaban J connectivity index is 1.30. The van der Waals surface area contributed by atoms with Gasteiger partial charge in [-0.05, 0) is 61.1 Å². The molecular formula is C26H29F2NO3. The number of hydrogen-bond donors (Lipinski definition) is 0. The van der Waals surface area contributed by atoms with E-state index in [0.29, 0.717) is 31.4 Å². The summed E-state index contributed by atoms with van der Waals surface area (Å²) < 4.78 is 40.0. The molecule has 1 heterocycles. The van der Waals surface area contributed by atoms with Gasteiger partial charge in [-0.15, -0.1) is 0 Å². The Labute approximate surface area is 187 Å². The number of benzene rings is 2. The average Bonchev–Trinajstić information content (AvgIpc) is 3.55. The quantitative estimate of drug-likeness (QED) is 0.565. The van der Waals surface area contributed by atoms with Crippen LogP contribution in [0, 0.1) is 23.5 Å². The van der Waals surface area contributed by atoms with Gasteiger partial charge in [-0.2, -0.15) is 0 Å². The SMILES string of the molecule is CCOC(=O)C1CC1c1ccc2c(c1)CCN(c1cc(OC3CC(C)C3)cc(F)c1F)C2. The zero-order valence-corrected chi connectivity index (χ0v) is 18.6. The van der Waals surface area contributed by atoms with E-state index in [2.05, 4.69) is 25.1 Å². The lowest BCUT2D eigenvalue weighted by molar-refractivity contribution is -0.144. The third kappa shape index (κ3) is 4.07. The number of carbonyl (C=O) groups excluding carboxylic acids is 1. The van der Waals surface area contributed by atoms with Crippen LogP contribution in [0.5, 0.6) is 5.75 Å². The first-order valence-electron chi connectivity index (χ1n) is 11.6. The highest BCUT2D eigenvalue weighted by Gasteiger charge is 2.45. The fourth-order valence-corrected chi connectivity index (χ4v) is 5.05. The van der Waals surface area contributed by atoms with Crippen molar-refractivity contribution in [2.45, 2.75) is 58.1 Å². The zero-order chi connectivity index (χ0) is 22.4. The Morgan fingerprint density at radius 2 is 1.94 bits per heavy atom. The molecule has 2 saturated carbocycles. The van der Waals surface area contributed by atoms with Gasteiger partial charge in [0.1, 0.15) is 5.75 Å². The fraction of sp³-hybridized carbons (Fsp3) is 0.500. The lowest BCUT2D eigenvalue weighted by Crippen LogP contribution is -2.33. The van der Waals surface area contributed by atoms with Crippen molar-refractivity contribution in [3.8, 4) is 5.75 Å². The summed E-state index contributed by atoms with van der Waals surface area (Å²) >= 11 is 0. The van der Waals surface area contributed by atoms with Gasteiger partial charge in [0.25, 0.3) is 0 Å². The third-order valence-electron chi connectivity index (χ3n) is 7.01. The van der Waals surface area contributed by atoms with E-state index in [1.165, 1.54) is 5.56 Å². The molecule has 2 aromatic carbocycles. The van der Waals surface area contributed by atoms with E-state index in [1.807, 2.05) is 11.8 Å². The number of esters is 1. The predicted octanol–water partition coefficient (Wildman–Crippen LogP) is 5.37. The molecule has 1 aliphatic heterocycles. The van der Waals surface area contributed by atoms with Gasteiger partial charge in [0, 0.05) is 25.2 Å². The van der Waals surface area contributed by atoms with Gasteiger partial charge in [0.15, 0.2) is 11.6 Å². The number of halogens is 2. The number of anilines is 1. The van der Waals surface area contributed by atoms with Gasteiger partial charge in [0.2, 0.25) is 0 Å². The molecule has 0 amide bonds. The standard InChI is InChI=1S/C26H29F2NO3/c1-3-31-26(30)22-13-21(22)17-4-5-18-14-29(7-6-16(18)10-17)24-12-20(11-23(27)25(24)28)32-19-8-15(2)9-19/h4-5,10-12,15,19,21-22H,3,6-9,13-14H2,1-2H3. The molecule has 6 heteroatoms. The second-order valence-corrected chi connectivity index (χ2v) is 9.46. The number of hydrogen-bond acceptors (Lipinski definition) is 4. The highest BCUT2D eigenvalue weighted by atomic mass is 19.2. The summed E-state index contributed by atoms with van der Waals surface area (Å²) in [6.45, 7) is 5.51. The van der Waals surface area contributed by atoms with Crippen LogP contribution in [-0.4, -0.2) is 25.2 Å². The predicted molar refractivity (Wildman–Crippen MR) is 118 cm³/mol. The highest BCUT2D eigenvalue weighted by Crippen LogP contribution is 2.48. The van der Waals surface area contributed by atoms with Crippen LogP contribution in [-0.2, 0) is 22.5 Å². The van der Waals surface area contributed by atoms with Gasteiger partial charge >= 0.3 is 5.97 Å². The topological polar surface area (TPSA) is 38.8 Å². The van der Waals surface area contributed by atoms with Crippen LogP contribution in [0.15, 0.2) is 30.3 Å². The van der Waals surface area contributed by atoms with Crippen molar-refractivity contribution in [3.05, 3.63) is 58.7 Å².